The molecule has 0 heterocycles. The highest BCUT2D eigenvalue weighted by molar-refractivity contribution is 4.88. The van der Waals surface area contributed by atoms with Crippen molar-refractivity contribution in [2.75, 3.05) is 27.4 Å². The third kappa shape index (κ3) is 26.2. The van der Waals surface area contributed by atoms with Crippen LogP contribution in [-0.2, 0) is 9.47 Å². The van der Waals surface area contributed by atoms with Crippen molar-refractivity contribution in [3.63, 3.8) is 0 Å². The van der Waals surface area contributed by atoms with E-state index in [-0.39, 0.29) is 0 Å². The van der Waals surface area contributed by atoms with Crippen LogP contribution in [0.5, 0.6) is 0 Å². The minimum Gasteiger partial charge on any atom is -0.382 e. The average Bonchev–Trinajstić information content (AvgIpc) is 2.01. The summed E-state index contributed by atoms with van der Waals surface area (Å²) in [6.07, 6.45) is 3.28. The van der Waals surface area contributed by atoms with Crippen molar-refractivity contribution < 1.29 is 9.47 Å². The lowest BCUT2D eigenvalue weighted by molar-refractivity contribution is 0.103. The van der Waals surface area contributed by atoms with Crippen molar-refractivity contribution in [1.29, 1.82) is 0 Å². The fourth-order valence-electron chi connectivity index (χ4n) is 0.167. The van der Waals surface area contributed by atoms with Gasteiger partial charge in [0, 0.05) is 14.2 Å². The summed E-state index contributed by atoms with van der Waals surface area (Å²) in [6, 6.07) is 0. The molecule has 0 radical (unpaired) electrons. The number of ether oxygens (including phenoxy) is 2. The smallest absolute Gasteiger partial charge is 0.0696 e. The van der Waals surface area contributed by atoms with Gasteiger partial charge in [-0.05, 0) is 0 Å². The maximum atomic E-state index is 4.66. The van der Waals surface area contributed by atoms with Gasteiger partial charge in [0.2, 0.25) is 0 Å². The van der Waals surface area contributed by atoms with Crippen LogP contribution in [0.25, 0.3) is 0 Å². The number of rotatable bonds is 4. The standard InChI is InChI=1S/C4H10O2.C4H6/c1-5-3-4-6-2;1-3-4-2/h3-4H2,1-2H3;3-4H,1-2H2. The first-order valence-corrected chi connectivity index (χ1v) is 3.04. The van der Waals surface area contributed by atoms with Gasteiger partial charge in [-0.3, -0.25) is 0 Å². The van der Waals surface area contributed by atoms with Crippen LogP contribution in [0.4, 0.5) is 0 Å². The van der Waals surface area contributed by atoms with Crippen LogP contribution >= 0.6 is 0 Å². The molecule has 0 atom stereocenters. The molecule has 10 heavy (non-hydrogen) atoms. The summed E-state index contributed by atoms with van der Waals surface area (Å²) in [7, 11) is 3.30. The van der Waals surface area contributed by atoms with E-state index in [4.69, 9.17) is 0 Å². The lowest BCUT2D eigenvalue weighted by Crippen LogP contribution is -1.96. The molecule has 0 aliphatic heterocycles. The molecule has 0 N–H and O–H groups in total. The number of methoxy groups -OCH3 is 2. The minimum atomic E-state index is 0.691. The molecule has 0 amide bonds. The van der Waals surface area contributed by atoms with Gasteiger partial charge in [-0.25, -0.2) is 0 Å². The Bertz CT molecular complexity index is 59.7. The molecule has 0 aromatic rings. The molecule has 0 aromatic carbocycles. The minimum absolute atomic E-state index is 0.691. The van der Waals surface area contributed by atoms with Gasteiger partial charge in [-0.15, -0.1) is 0 Å². The molecule has 0 saturated heterocycles. The second-order valence-corrected chi connectivity index (χ2v) is 1.46. The van der Waals surface area contributed by atoms with E-state index in [0.717, 1.165) is 0 Å². The second kappa shape index (κ2) is 15.8. The normalized spacial score (nSPS) is 7.40. The monoisotopic (exact) mass is 144 g/mol. The first kappa shape index (κ1) is 12.1. The molecule has 0 aliphatic rings. The summed E-state index contributed by atoms with van der Waals surface area (Å²) < 4.78 is 9.31. The van der Waals surface area contributed by atoms with Gasteiger partial charge in [-0.1, -0.05) is 25.3 Å². The first-order chi connectivity index (χ1) is 4.83. The van der Waals surface area contributed by atoms with Crippen molar-refractivity contribution in [2.24, 2.45) is 0 Å². The maximum absolute atomic E-state index is 4.66. The third-order valence-corrected chi connectivity index (χ3v) is 0.658. The highest BCUT2D eigenvalue weighted by atomic mass is 16.5. The van der Waals surface area contributed by atoms with Gasteiger partial charge in [0.05, 0.1) is 13.2 Å². The SMILES string of the molecule is C=CC=C.COCCOC. The van der Waals surface area contributed by atoms with Crippen molar-refractivity contribution in [1.82, 2.24) is 0 Å². The summed E-state index contributed by atoms with van der Waals surface area (Å²) >= 11 is 0. The Morgan fingerprint density at radius 1 is 1.00 bits per heavy atom. The van der Waals surface area contributed by atoms with Crippen LogP contribution < -0.4 is 0 Å². The lowest BCUT2D eigenvalue weighted by atomic mass is 10.6. The van der Waals surface area contributed by atoms with Crippen molar-refractivity contribution >= 4 is 0 Å². The van der Waals surface area contributed by atoms with Crippen LogP contribution in [0.1, 0.15) is 0 Å². The van der Waals surface area contributed by atoms with E-state index in [1.165, 1.54) is 0 Å². The van der Waals surface area contributed by atoms with Gasteiger partial charge < -0.3 is 9.47 Å². The predicted molar refractivity (Wildman–Crippen MR) is 44.1 cm³/mol. The van der Waals surface area contributed by atoms with E-state index < -0.39 is 0 Å². The highest BCUT2D eigenvalue weighted by Gasteiger charge is 1.73. The third-order valence-electron chi connectivity index (χ3n) is 0.658. The Labute approximate surface area is 63.1 Å². The van der Waals surface area contributed by atoms with Crippen LogP contribution in [-0.4, -0.2) is 27.4 Å². The molecule has 0 saturated carbocycles. The van der Waals surface area contributed by atoms with Gasteiger partial charge in [0.1, 0.15) is 0 Å². The van der Waals surface area contributed by atoms with Crippen LogP contribution in [0, 0.1) is 0 Å². The average molecular weight is 144 g/mol. The molecule has 0 bridgehead atoms. The van der Waals surface area contributed by atoms with Crippen molar-refractivity contribution in [3.05, 3.63) is 25.3 Å². The molecule has 0 aromatic heterocycles. The van der Waals surface area contributed by atoms with Gasteiger partial charge in [-0.2, -0.15) is 0 Å². The van der Waals surface area contributed by atoms with Crippen LogP contribution in [0.15, 0.2) is 25.3 Å². The molecule has 0 unspecified atom stereocenters. The van der Waals surface area contributed by atoms with E-state index >= 15 is 0 Å². The number of hydrogen-bond acceptors (Lipinski definition) is 2. The molecular formula is C8H16O2. The summed E-state index contributed by atoms with van der Waals surface area (Å²) in [5, 5.41) is 0. The summed E-state index contributed by atoms with van der Waals surface area (Å²) in [5.74, 6) is 0. The zero-order valence-electron chi connectivity index (χ0n) is 6.80. The van der Waals surface area contributed by atoms with E-state index in [1.807, 2.05) is 0 Å². The molecule has 0 fully saturated rings. The van der Waals surface area contributed by atoms with E-state index in [1.54, 1.807) is 26.4 Å². The van der Waals surface area contributed by atoms with Gasteiger partial charge in [0.15, 0.2) is 0 Å². The molecule has 2 heteroatoms. The first-order valence-electron chi connectivity index (χ1n) is 3.04. The largest absolute Gasteiger partial charge is 0.382 e. The Balaban J connectivity index is 0. The molecule has 2 nitrogen and oxygen atoms in total. The molecule has 0 rings (SSSR count). The molecule has 0 spiro atoms. The molecule has 60 valence electrons. The Morgan fingerprint density at radius 2 is 1.30 bits per heavy atom. The second-order valence-electron chi connectivity index (χ2n) is 1.46. The molecule has 0 aliphatic carbocycles. The van der Waals surface area contributed by atoms with Gasteiger partial charge >= 0.3 is 0 Å². The fourth-order valence-corrected chi connectivity index (χ4v) is 0.167. The zero-order chi connectivity index (χ0) is 8.24. The highest BCUT2D eigenvalue weighted by Crippen LogP contribution is 1.65. The zero-order valence-corrected chi connectivity index (χ0v) is 6.80. The Morgan fingerprint density at radius 3 is 1.40 bits per heavy atom. The Hall–Kier alpha value is -0.600. The van der Waals surface area contributed by atoms with E-state index in [2.05, 4.69) is 22.6 Å². The van der Waals surface area contributed by atoms with E-state index in [0.29, 0.717) is 13.2 Å². The quantitative estimate of drug-likeness (QED) is 0.441. The van der Waals surface area contributed by atoms with E-state index in [9.17, 15) is 0 Å². The topological polar surface area (TPSA) is 18.5 Å². The molecular weight excluding hydrogens is 128 g/mol. The summed E-state index contributed by atoms with van der Waals surface area (Å²) in [5.41, 5.74) is 0. The maximum Gasteiger partial charge on any atom is 0.0696 e. The lowest BCUT2D eigenvalue weighted by Gasteiger charge is -1.91. The fraction of sp³-hybridized carbons (Fsp3) is 0.500. The number of allylic oxidation sites excluding steroid dienone is 2. The van der Waals surface area contributed by atoms with Crippen molar-refractivity contribution in [2.45, 2.75) is 0 Å². The Kier molecular flexibility index (Phi) is 19.1. The van der Waals surface area contributed by atoms with Gasteiger partial charge in [0.25, 0.3) is 0 Å². The van der Waals surface area contributed by atoms with Crippen molar-refractivity contribution in [3.8, 4) is 0 Å². The van der Waals surface area contributed by atoms with Crippen LogP contribution in [0.3, 0.4) is 0 Å². The van der Waals surface area contributed by atoms with Crippen LogP contribution in [0.2, 0.25) is 0 Å². The summed E-state index contributed by atoms with van der Waals surface area (Å²) in [4.78, 5) is 0. The number of hydrogen-bond donors (Lipinski definition) is 0. The summed E-state index contributed by atoms with van der Waals surface area (Å²) in [6.45, 7) is 8.10. The predicted octanol–water partition coefficient (Wildman–Crippen LogP) is 1.64.